The summed E-state index contributed by atoms with van der Waals surface area (Å²) in [5, 5.41) is 21.0. The Morgan fingerprint density at radius 1 is 0.755 bits per heavy atom. The van der Waals surface area contributed by atoms with E-state index in [2.05, 4.69) is 61.2 Å². The molecule has 7 rings (SSSR count). The third-order valence-electron chi connectivity index (χ3n) is 9.75. The number of hydroxylamine groups is 2. The van der Waals surface area contributed by atoms with Crippen molar-refractivity contribution in [2.24, 2.45) is 0 Å². The summed E-state index contributed by atoms with van der Waals surface area (Å²) in [7, 11) is 3.28. The molecule has 1 heterocycles. The maximum absolute atomic E-state index is 13.0. The number of ether oxygens (including phenoxy) is 2. The topological polar surface area (TPSA) is 85.3 Å². The molecule has 1 amide bonds. The van der Waals surface area contributed by atoms with E-state index < -0.39 is 11.6 Å². The Kier molecular flexibility index (Phi) is 8.69. The molecule has 1 saturated heterocycles. The highest BCUT2D eigenvalue weighted by Crippen LogP contribution is 2.43. The highest BCUT2D eigenvalue weighted by Gasteiger charge is 2.35. The van der Waals surface area contributed by atoms with Crippen molar-refractivity contribution in [2.45, 2.75) is 50.5 Å². The Labute approximate surface area is 285 Å². The molecule has 1 aliphatic rings. The van der Waals surface area contributed by atoms with E-state index in [0.29, 0.717) is 37.1 Å². The van der Waals surface area contributed by atoms with Crippen molar-refractivity contribution >= 4 is 44.2 Å². The summed E-state index contributed by atoms with van der Waals surface area (Å²) < 4.78 is 11.2. The summed E-state index contributed by atoms with van der Waals surface area (Å²) >= 11 is 0. The van der Waals surface area contributed by atoms with Crippen molar-refractivity contribution in [1.82, 2.24) is 5.06 Å². The number of allylic oxidation sites excluding steroid dienone is 1. The number of benzene rings is 6. The molecule has 0 bridgehead atoms. The predicted molar refractivity (Wildman–Crippen MR) is 192 cm³/mol. The summed E-state index contributed by atoms with van der Waals surface area (Å²) in [6, 6.07) is 32.6. The minimum atomic E-state index is -1.49. The van der Waals surface area contributed by atoms with Crippen LogP contribution in [0.3, 0.4) is 0 Å². The number of unbranched alkanes of at least 4 members (excludes halogenated alkanes) is 2. The van der Waals surface area contributed by atoms with Crippen molar-refractivity contribution < 1.29 is 29.0 Å². The van der Waals surface area contributed by atoms with Crippen LogP contribution in [-0.4, -0.2) is 36.3 Å². The molecule has 6 aromatic carbocycles. The third-order valence-corrected chi connectivity index (χ3v) is 9.75. The Bertz CT molecular complexity index is 2110. The number of carbonyl (C=O) groups is 2. The first-order chi connectivity index (χ1) is 23.8. The van der Waals surface area contributed by atoms with Gasteiger partial charge in [0, 0.05) is 12.8 Å². The van der Waals surface area contributed by atoms with Gasteiger partial charge < -0.3 is 19.4 Å². The Morgan fingerprint density at radius 2 is 1.41 bits per heavy atom. The van der Waals surface area contributed by atoms with Gasteiger partial charge in [-0.15, -0.1) is 5.06 Å². The average Bonchev–Trinajstić information content (AvgIpc) is 3.45. The zero-order chi connectivity index (χ0) is 34.1. The monoisotopic (exact) mass is 653 g/mol. The molecule has 248 valence electrons. The number of amides is 1. The molecule has 0 saturated carbocycles. The molecule has 49 heavy (non-hydrogen) atoms. The van der Waals surface area contributed by atoms with Crippen molar-refractivity contribution in [3.05, 3.63) is 132 Å². The number of hydrogen-bond donors (Lipinski definition) is 1. The second-order valence-corrected chi connectivity index (χ2v) is 12.8. The van der Waals surface area contributed by atoms with E-state index in [0.717, 1.165) is 56.7 Å². The first kappa shape index (κ1) is 32.2. The maximum Gasteiger partial charge on any atom is 0.333 e. The lowest BCUT2D eigenvalue weighted by atomic mass is 9.78. The lowest BCUT2D eigenvalue weighted by Crippen LogP contribution is -2.29. The molecule has 1 fully saturated rings. The molecule has 1 atom stereocenters. The molecule has 1 aliphatic heterocycles. The minimum Gasteiger partial charge on any atom is -0.497 e. The van der Waals surface area contributed by atoms with E-state index in [-0.39, 0.29) is 12.3 Å². The number of aryl methyl sites for hydroxylation is 1. The van der Waals surface area contributed by atoms with Crippen molar-refractivity contribution in [3.8, 4) is 11.5 Å². The maximum atomic E-state index is 13.0. The predicted octanol–water partition coefficient (Wildman–Crippen LogP) is 8.58. The standard InChI is InChI=1S/C42H39NO6/c1-27-12-23-38(44)43(27)49-39(45)11-6-4-5-8-30-24-34(19-22-37(30)48-3)42(46,33-17-20-36(47-2)21-18-33)35-25-31-15-13-28-9-7-10-29-14-16-32(26-35)41(31)40(28)29/h7,9-10,13-22,24-26,46H,1,4-6,8,11-12,23H2,2-3H3. The number of aliphatic hydroxyl groups is 1. The molecule has 7 nitrogen and oxygen atoms in total. The first-order valence-electron chi connectivity index (χ1n) is 16.7. The average molecular weight is 654 g/mol. The summed E-state index contributed by atoms with van der Waals surface area (Å²) in [4.78, 5) is 29.5. The lowest BCUT2D eigenvalue weighted by Gasteiger charge is -2.32. The van der Waals surface area contributed by atoms with Crippen LogP contribution in [0.2, 0.25) is 0 Å². The largest absolute Gasteiger partial charge is 0.497 e. The molecular formula is C42H39NO6. The van der Waals surface area contributed by atoms with Crippen LogP contribution in [0, 0.1) is 0 Å². The summed E-state index contributed by atoms with van der Waals surface area (Å²) in [5.41, 5.74) is 2.19. The fraction of sp³-hybridized carbons (Fsp3) is 0.238. The van der Waals surface area contributed by atoms with Gasteiger partial charge in [0.1, 0.15) is 17.1 Å². The number of carbonyl (C=O) groups excluding carboxylic acids is 2. The van der Waals surface area contributed by atoms with Gasteiger partial charge in [0.2, 0.25) is 0 Å². The van der Waals surface area contributed by atoms with E-state index in [4.69, 9.17) is 14.3 Å². The normalized spacial score (nSPS) is 14.6. The van der Waals surface area contributed by atoms with E-state index in [1.807, 2.05) is 42.5 Å². The van der Waals surface area contributed by atoms with Crippen molar-refractivity contribution in [3.63, 3.8) is 0 Å². The summed E-state index contributed by atoms with van der Waals surface area (Å²) in [6.07, 6.45) is 3.91. The number of nitrogens with zero attached hydrogens (tertiary/aromatic N) is 1. The molecule has 0 radical (unpaired) electrons. The highest BCUT2D eigenvalue weighted by atomic mass is 16.7. The van der Waals surface area contributed by atoms with Crippen LogP contribution in [0.25, 0.3) is 32.3 Å². The van der Waals surface area contributed by atoms with Gasteiger partial charge in [0.05, 0.1) is 19.9 Å². The second kappa shape index (κ2) is 13.2. The fourth-order valence-electron chi connectivity index (χ4n) is 7.15. The number of hydrogen-bond acceptors (Lipinski definition) is 6. The Hall–Kier alpha value is -5.40. The van der Waals surface area contributed by atoms with Gasteiger partial charge in [-0.05, 0) is 117 Å². The number of rotatable bonds is 12. The molecule has 1 unspecified atom stereocenters. The first-order valence-corrected chi connectivity index (χ1v) is 16.7. The van der Waals surface area contributed by atoms with Gasteiger partial charge in [-0.1, -0.05) is 73.7 Å². The van der Waals surface area contributed by atoms with Crippen molar-refractivity contribution in [2.75, 3.05) is 14.2 Å². The Balaban J connectivity index is 1.19. The van der Waals surface area contributed by atoms with Gasteiger partial charge in [-0.2, -0.15) is 0 Å². The smallest absolute Gasteiger partial charge is 0.333 e. The third kappa shape index (κ3) is 5.95. The zero-order valence-electron chi connectivity index (χ0n) is 27.8. The molecule has 0 aliphatic carbocycles. The lowest BCUT2D eigenvalue weighted by molar-refractivity contribution is -0.186. The van der Waals surface area contributed by atoms with E-state index in [9.17, 15) is 14.7 Å². The Morgan fingerprint density at radius 3 is 2.04 bits per heavy atom. The van der Waals surface area contributed by atoms with E-state index >= 15 is 0 Å². The van der Waals surface area contributed by atoms with Crippen LogP contribution in [0.15, 0.2) is 109 Å². The van der Waals surface area contributed by atoms with E-state index in [1.165, 1.54) is 21.5 Å². The zero-order valence-corrected chi connectivity index (χ0v) is 27.8. The fourth-order valence-corrected chi connectivity index (χ4v) is 7.15. The van der Waals surface area contributed by atoms with Gasteiger partial charge in [0.25, 0.3) is 5.91 Å². The van der Waals surface area contributed by atoms with Crippen LogP contribution in [0.5, 0.6) is 11.5 Å². The summed E-state index contributed by atoms with van der Waals surface area (Å²) in [6.45, 7) is 3.79. The second-order valence-electron chi connectivity index (χ2n) is 12.8. The SMILES string of the molecule is C=C1CCC(=O)N1OC(=O)CCCCCc1cc(C(O)(c2ccc(OC)cc2)c2cc3ccc4cccc5ccc(c2)c3c45)ccc1OC. The molecular weight excluding hydrogens is 614 g/mol. The molecule has 7 heteroatoms. The van der Waals surface area contributed by atoms with Crippen molar-refractivity contribution in [1.29, 1.82) is 0 Å². The molecule has 1 N–H and O–H groups in total. The van der Waals surface area contributed by atoms with Crippen LogP contribution in [-0.2, 0) is 26.4 Å². The van der Waals surface area contributed by atoms with Crippen LogP contribution in [0.1, 0.15) is 60.8 Å². The number of methoxy groups -OCH3 is 2. The molecule has 6 aromatic rings. The van der Waals surface area contributed by atoms with E-state index in [1.54, 1.807) is 14.2 Å². The highest BCUT2D eigenvalue weighted by molar-refractivity contribution is 6.23. The van der Waals surface area contributed by atoms with Crippen LogP contribution < -0.4 is 9.47 Å². The quantitative estimate of drug-likeness (QED) is 0.0809. The van der Waals surface area contributed by atoms with Crippen LogP contribution in [0.4, 0.5) is 0 Å². The summed E-state index contributed by atoms with van der Waals surface area (Å²) in [5.74, 6) is 0.774. The molecule has 0 spiro atoms. The van der Waals surface area contributed by atoms with Gasteiger partial charge in [-0.25, -0.2) is 4.79 Å². The van der Waals surface area contributed by atoms with Crippen LogP contribution >= 0.6 is 0 Å². The van der Waals surface area contributed by atoms with Gasteiger partial charge >= 0.3 is 5.97 Å². The minimum absolute atomic E-state index is 0.209. The van der Waals surface area contributed by atoms with Gasteiger partial charge in [0.15, 0.2) is 0 Å². The molecule has 0 aromatic heterocycles. The van der Waals surface area contributed by atoms with Gasteiger partial charge in [-0.3, -0.25) is 4.79 Å².